The molecule has 1 atom stereocenters. The van der Waals surface area contributed by atoms with Crippen molar-refractivity contribution in [1.29, 1.82) is 0 Å². The van der Waals surface area contributed by atoms with E-state index in [9.17, 15) is 0 Å². The molecule has 3 aromatic carbocycles. The number of nitrogens with two attached hydrogens (primary N) is 1. The molecule has 4 heterocycles. The van der Waals surface area contributed by atoms with Gasteiger partial charge in [-0.05, 0) is 107 Å². The van der Waals surface area contributed by atoms with Gasteiger partial charge < -0.3 is 11.1 Å². The number of fused-ring (bicyclic) bond motifs is 7. The Kier molecular flexibility index (Phi) is 10.1. The molecule has 3 nitrogen and oxygen atoms in total. The van der Waals surface area contributed by atoms with Crippen LogP contribution in [-0.2, 0) is 6.42 Å². The third-order valence-corrected chi connectivity index (χ3v) is 11.4. The van der Waals surface area contributed by atoms with Gasteiger partial charge in [0.15, 0.2) is 0 Å². The predicted molar refractivity (Wildman–Crippen MR) is 220 cm³/mol. The Bertz CT molecular complexity index is 2380. The van der Waals surface area contributed by atoms with Crippen LogP contribution >= 0.6 is 22.7 Å². The number of hydrogen-bond donors (Lipinski definition) is 2. The fourth-order valence-electron chi connectivity index (χ4n) is 6.98. The van der Waals surface area contributed by atoms with E-state index in [1.165, 1.54) is 63.4 Å². The summed E-state index contributed by atoms with van der Waals surface area (Å²) in [6.45, 7) is 16.7. The molecular weight excluding hydrogens is 623 g/mol. The predicted octanol–water partition coefficient (Wildman–Crippen LogP) is 12.6. The summed E-state index contributed by atoms with van der Waals surface area (Å²) in [5.41, 5.74) is 14.6. The number of aromatic nitrogens is 1. The van der Waals surface area contributed by atoms with E-state index < -0.39 is 0 Å². The summed E-state index contributed by atoms with van der Waals surface area (Å²) in [6, 6.07) is 24.8. The molecule has 7 aromatic rings. The Balaban J connectivity index is 0.000000969. The van der Waals surface area contributed by atoms with E-state index in [1.54, 1.807) is 11.3 Å². The van der Waals surface area contributed by atoms with Gasteiger partial charge in [-0.1, -0.05) is 89.7 Å². The van der Waals surface area contributed by atoms with Gasteiger partial charge >= 0.3 is 0 Å². The lowest BCUT2D eigenvalue weighted by Gasteiger charge is -2.18. The highest BCUT2D eigenvalue weighted by Gasteiger charge is 2.25. The highest BCUT2D eigenvalue weighted by atomic mass is 32.1. The molecule has 0 aliphatic heterocycles. The van der Waals surface area contributed by atoms with Crippen molar-refractivity contribution in [1.82, 2.24) is 4.40 Å². The smallest absolute Gasteiger partial charge is 0.132 e. The van der Waals surface area contributed by atoms with E-state index in [2.05, 4.69) is 120 Å². The molecule has 4 aromatic heterocycles. The summed E-state index contributed by atoms with van der Waals surface area (Å²) >= 11 is 3.68. The summed E-state index contributed by atoms with van der Waals surface area (Å²) in [4.78, 5) is 1.50. The second kappa shape index (κ2) is 14.4. The topological polar surface area (TPSA) is 42.5 Å². The van der Waals surface area contributed by atoms with Gasteiger partial charge in [-0.3, -0.25) is 4.40 Å². The minimum Gasteiger partial charge on any atom is -0.383 e. The average molecular weight is 670 g/mol. The van der Waals surface area contributed by atoms with Crippen LogP contribution in [0, 0.1) is 0 Å². The van der Waals surface area contributed by atoms with Crippen LogP contribution in [0.5, 0.6) is 0 Å². The van der Waals surface area contributed by atoms with E-state index >= 15 is 0 Å². The average Bonchev–Trinajstić information content (AvgIpc) is 3.75. The van der Waals surface area contributed by atoms with Gasteiger partial charge in [0.25, 0.3) is 0 Å². The first kappa shape index (κ1) is 33.6. The van der Waals surface area contributed by atoms with Crippen LogP contribution in [0.25, 0.3) is 65.6 Å². The third-order valence-electron chi connectivity index (χ3n) is 9.28. The molecule has 3 N–H and O–H groups in total. The number of nitrogen functional groups attached to an aromatic ring is 1. The van der Waals surface area contributed by atoms with Crippen molar-refractivity contribution in [3.63, 3.8) is 0 Å². The molecule has 0 fully saturated rings. The number of aryl methyl sites for hydroxylation is 1. The van der Waals surface area contributed by atoms with Crippen molar-refractivity contribution in [2.24, 2.45) is 0 Å². The van der Waals surface area contributed by atoms with E-state index in [4.69, 9.17) is 5.73 Å². The van der Waals surface area contributed by atoms with Crippen molar-refractivity contribution in [3.05, 3.63) is 105 Å². The van der Waals surface area contributed by atoms with Crippen LogP contribution in [0.4, 0.5) is 11.5 Å². The Hall–Kier alpha value is -4.32. The van der Waals surface area contributed by atoms with Gasteiger partial charge in [0.2, 0.25) is 0 Å². The molecule has 0 amide bonds. The zero-order valence-corrected chi connectivity index (χ0v) is 30.7. The standard InChI is InChI=1S/C39H35N3S2.2C2H6/c1-4-6-12-26(5-2)41-37-32-20-25(24-15-16-35-30(18-24)27-13-7-8-14-34(27)44-35)19-31-29-21-28-23(3)11-9-10-17-43-36(28)22-33(29)42(38(31)32)39(37)40;2*1-2/h4,6-11,13-14,17-22,26,41H,3,5,12,15-16,40H2,1-2H3;2*1-2H3/b6-4-,11-9?,17-10?;;. The molecule has 1 unspecified atom stereocenters. The quantitative estimate of drug-likeness (QED) is 0.173. The fourth-order valence-corrected chi connectivity index (χ4v) is 8.98. The Morgan fingerprint density at radius 1 is 0.896 bits per heavy atom. The Morgan fingerprint density at radius 2 is 1.67 bits per heavy atom. The van der Waals surface area contributed by atoms with Gasteiger partial charge in [-0.15, -0.1) is 22.7 Å². The minimum absolute atomic E-state index is 0.304. The van der Waals surface area contributed by atoms with E-state index in [0.717, 1.165) is 47.9 Å². The normalized spacial score (nSPS) is 13.3. The number of nitrogens with one attached hydrogen (secondary N) is 1. The maximum atomic E-state index is 7.13. The summed E-state index contributed by atoms with van der Waals surface area (Å²) in [7, 11) is 0. The number of benzene rings is 3. The van der Waals surface area contributed by atoms with Gasteiger partial charge in [0.1, 0.15) is 5.82 Å². The van der Waals surface area contributed by atoms with Crippen LogP contribution in [0.15, 0.2) is 84.3 Å². The minimum atomic E-state index is 0.304. The molecule has 8 rings (SSSR count). The van der Waals surface area contributed by atoms with Crippen molar-refractivity contribution in [2.45, 2.75) is 73.3 Å². The highest BCUT2D eigenvalue weighted by Crippen LogP contribution is 2.46. The number of rotatable bonds is 6. The second-order valence-corrected chi connectivity index (χ2v) is 14.0. The lowest BCUT2D eigenvalue weighted by Crippen LogP contribution is -2.18. The summed E-state index contributed by atoms with van der Waals surface area (Å²) in [5, 5.41) is 13.3. The summed E-state index contributed by atoms with van der Waals surface area (Å²) in [6.07, 6.45) is 10.9. The number of allylic oxidation sites excluding steroid dienone is 2. The zero-order chi connectivity index (χ0) is 33.9. The van der Waals surface area contributed by atoms with Crippen molar-refractivity contribution in [2.75, 3.05) is 11.1 Å². The monoisotopic (exact) mass is 669 g/mol. The molecular formula is C43H47N3S2. The largest absolute Gasteiger partial charge is 0.383 e. The first-order valence-electron chi connectivity index (χ1n) is 17.5. The molecule has 0 bridgehead atoms. The van der Waals surface area contributed by atoms with Crippen LogP contribution < -0.4 is 16.3 Å². The summed E-state index contributed by atoms with van der Waals surface area (Å²) < 4.78 is 4.86. The molecule has 246 valence electrons. The Morgan fingerprint density at radius 3 is 2.46 bits per heavy atom. The maximum absolute atomic E-state index is 7.13. The molecule has 0 radical (unpaired) electrons. The van der Waals surface area contributed by atoms with Crippen molar-refractivity contribution >= 4 is 99.8 Å². The van der Waals surface area contributed by atoms with E-state index in [0.29, 0.717) is 6.04 Å². The number of nitrogens with zero attached hydrogens (tertiary/aromatic N) is 1. The maximum Gasteiger partial charge on any atom is 0.132 e. The van der Waals surface area contributed by atoms with Crippen LogP contribution in [0.1, 0.15) is 76.8 Å². The van der Waals surface area contributed by atoms with Crippen LogP contribution in [0.3, 0.4) is 0 Å². The van der Waals surface area contributed by atoms with Crippen LogP contribution in [-0.4, -0.2) is 10.4 Å². The van der Waals surface area contributed by atoms with Gasteiger partial charge in [-0.25, -0.2) is 0 Å². The first-order chi connectivity index (χ1) is 23.6. The van der Waals surface area contributed by atoms with Gasteiger partial charge in [0.05, 0.1) is 16.7 Å². The molecule has 0 spiro atoms. The lowest BCUT2D eigenvalue weighted by molar-refractivity contribution is 0.706. The first-order valence-corrected chi connectivity index (χ1v) is 19.2. The van der Waals surface area contributed by atoms with E-state index in [-0.39, 0.29) is 0 Å². The third kappa shape index (κ3) is 5.73. The van der Waals surface area contributed by atoms with Crippen molar-refractivity contribution in [3.8, 4) is 0 Å². The second-order valence-electron chi connectivity index (χ2n) is 11.9. The zero-order valence-electron chi connectivity index (χ0n) is 29.1. The van der Waals surface area contributed by atoms with Crippen LogP contribution in [0.2, 0.25) is 0 Å². The number of anilines is 2. The molecule has 5 heteroatoms. The fraction of sp³-hybridized carbons (Fsp3) is 0.256. The Labute approximate surface area is 292 Å². The van der Waals surface area contributed by atoms with E-state index in [1.807, 2.05) is 39.0 Å². The molecule has 0 saturated heterocycles. The summed E-state index contributed by atoms with van der Waals surface area (Å²) in [5.74, 6) is 0.782. The van der Waals surface area contributed by atoms with Gasteiger partial charge in [-0.2, -0.15) is 0 Å². The lowest BCUT2D eigenvalue weighted by atomic mass is 9.90. The van der Waals surface area contributed by atoms with Gasteiger partial charge in [0, 0.05) is 36.5 Å². The SMILES string of the molecule is C=c1ccccsc2cc3c(cc12)c1cc(C2=Cc4c(sc5ccccc45)CC2)cc2c(NC(CC)C/C=C\C)c(N)n3c21.CC.CC. The molecule has 48 heavy (non-hydrogen) atoms. The highest BCUT2D eigenvalue weighted by molar-refractivity contribution is 7.19. The van der Waals surface area contributed by atoms with Crippen molar-refractivity contribution < 1.29 is 0 Å². The number of hydrogen-bond acceptors (Lipinski definition) is 4. The molecule has 0 saturated carbocycles. The molecule has 1 aliphatic rings. The molecule has 1 aliphatic carbocycles. The number of thiophene rings is 1.